The Morgan fingerprint density at radius 1 is 1.00 bits per heavy atom. The van der Waals surface area contributed by atoms with Crippen LogP contribution in [0.4, 0.5) is 5.69 Å². The summed E-state index contributed by atoms with van der Waals surface area (Å²) in [4.78, 5) is 30.1. The smallest absolute Gasteiger partial charge is 0.298 e. The van der Waals surface area contributed by atoms with Crippen LogP contribution in [-0.2, 0) is 4.79 Å². The number of ether oxygens (including phenoxy) is 1. The van der Waals surface area contributed by atoms with Crippen LogP contribution in [0.25, 0.3) is 16.8 Å². The van der Waals surface area contributed by atoms with Crippen LogP contribution in [0, 0.1) is 0 Å². The van der Waals surface area contributed by atoms with Crippen LogP contribution in [0.2, 0.25) is 0 Å². The molecule has 0 saturated heterocycles. The van der Waals surface area contributed by atoms with Crippen LogP contribution in [0.3, 0.4) is 0 Å². The van der Waals surface area contributed by atoms with Crippen molar-refractivity contribution in [2.45, 2.75) is 0 Å². The van der Waals surface area contributed by atoms with Crippen molar-refractivity contribution in [1.82, 2.24) is 9.38 Å². The number of amides is 1. The molecule has 3 aromatic heterocycles. The second kappa shape index (κ2) is 7.36. The standard InChI is InChI=1S/C22H17N3O3/c1-28-17-10-8-15(9-11-17)24-22(27)21(26)20-18(19-7-2-4-12-23-19)14-16-6-3-5-13-25(16)20/h2-14H,1H3,(H,24,27). The number of benzene rings is 1. The number of anilines is 1. The summed E-state index contributed by atoms with van der Waals surface area (Å²) in [6, 6.07) is 19.7. The number of aromatic nitrogens is 2. The van der Waals surface area contributed by atoms with Crippen molar-refractivity contribution >= 4 is 22.9 Å². The molecule has 1 amide bonds. The van der Waals surface area contributed by atoms with Crippen molar-refractivity contribution in [1.29, 1.82) is 0 Å². The average molecular weight is 371 g/mol. The van der Waals surface area contributed by atoms with Crippen LogP contribution in [0.5, 0.6) is 5.75 Å². The Morgan fingerprint density at radius 3 is 2.50 bits per heavy atom. The van der Waals surface area contributed by atoms with Gasteiger partial charge in [-0.05, 0) is 54.6 Å². The van der Waals surface area contributed by atoms with Crippen LogP contribution in [0.15, 0.2) is 79.1 Å². The summed E-state index contributed by atoms with van der Waals surface area (Å²) >= 11 is 0. The number of methoxy groups -OCH3 is 1. The van der Waals surface area contributed by atoms with E-state index in [4.69, 9.17) is 4.74 Å². The van der Waals surface area contributed by atoms with Crippen molar-refractivity contribution in [2.75, 3.05) is 12.4 Å². The fraction of sp³-hybridized carbons (Fsp3) is 0.0455. The highest BCUT2D eigenvalue weighted by atomic mass is 16.5. The van der Waals surface area contributed by atoms with Gasteiger partial charge in [-0.25, -0.2) is 0 Å². The van der Waals surface area contributed by atoms with E-state index in [1.807, 2.05) is 36.4 Å². The van der Waals surface area contributed by atoms with Gasteiger partial charge in [-0.1, -0.05) is 12.1 Å². The molecule has 0 aliphatic heterocycles. The highest BCUT2D eigenvalue weighted by molar-refractivity contribution is 6.47. The predicted octanol–water partition coefficient (Wildman–Crippen LogP) is 3.83. The Bertz CT molecular complexity index is 1150. The van der Waals surface area contributed by atoms with Gasteiger partial charge in [-0.3, -0.25) is 14.6 Å². The molecule has 6 nitrogen and oxygen atoms in total. The fourth-order valence-electron chi connectivity index (χ4n) is 3.04. The molecule has 0 unspecified atom stereocenters. The van der Waals surface area contributed by atoms with Gasteiger partial charge in [-0.2, -0.15) is 0 Å². The maximum atomic E-state index is 13.1. The number of nitrogens with one attached hydrogen (secondary N) is 1. The minimum absolute atomic E-state index is 0.278. The lowest BCUT2D eigenvalue weighted by Gasteiger charge is -2.08. The van der Waals surface area contributed by atoms with E-state index in [1.54, 1.807) is 54.2 Å². The van der Waals surface area contributed by atoms with Gasteiger partial charge in [0.25, 0.3) is 11.7 Å². The number of pyridine rings is 2. The molecule has 0 aliphatic carbocycles. The van der Waals surface area contributed by atoms with E-state index >= 15 is 0 Å². The minimum Gasteiger partial charge on any atom is -0.497 e. The van der Waals surface area contributed by atoms with Crippen LogP contribution < -0.4 is 10.1 Å². The first-order valence-electron chi connectivity index (χ1n) is 8.68. The summed E-state index contributed by atoms with van der Waals surface area (Å²) in [5.74, 6) is -0.687. The molecule has 1 aromatic carbocycles. The van der Waals surface area contributed by atoms with Gasteiger partial charge >= 0.3 is 0 Å². The van der Waals surface area contributed by atoms with Gasteiger partial charge in [0.1, 0.15) is 11.4 Å². The molecule has 1 N–H and O–H groups in total. The lowest BCUT2D eigenvalue weighted by atomic mass is 10.1. The lowest BCUT2D eigenvalue weighted by molar-refractivity contribution is -0.112. The number of ketones is 1. The average Bonchev–Trinajstić information content (AvgIpc) is 3.14. The monoisotopic (exact) mass is 371 g/mol. The van der Waals surface area contributed by atoms with E-state index < -0.39 is 11.7 Å². The number of hydrogen-bond acceptors (Lipinski definition) is 4. The SMILES string of the molecule is COc1ccc(NC(=O)C(=O)c2c(-c3ccccn3)cc3ccccn23)cc1. The van der Waals surface area contributed by atoms with Gasteiger partial charge in [0, 0.05) is 29.2 Å². The maximum Gasteiger partial charge on any atom is 0.298 e. The third kappa shape index (κ3) is 3.23. The molecule has 0 spiro atoms. The zero-order valence-electron chi connectivity index (χ0n) is 15.1. The molecule has 0 bridgehead atoms. The number of hydrogen-bond donors (Lipinski definition) is 1. The van der Waals surface area contributed by atoms with Gasteiger partial charge in [-0.15, -0.1) is 0 Å². The number of carbonyl (C=O) groups excluding carboxylic acids is 2. The van der Waals surface area contributed by atoms with Crippen molar-refractivity contribution < 1.29 is 14.3 Å². The highest BCUT2D eigenvalue weighted by Crippen LogP contribution is 2.27. The van der Waals surface area contributed by atoms with Crippen LogP contribution in [-0.4, -0.2) is 28.2 Å². The summed E-state index contributed by atoms with van der Waals surface area (Å²) in [7, 11) is 1.56. The number of rotatable bonds is 5. The summed E-state index contributed by atoms with van der Waals surface area (Å²) in [6.07, 6.45) is 3.42. The Hall–Kier alpha value is -3.93. The van der Waals surface area contributed by atoms with Crippen molar-refractivity contribution in [3.63, 3.8) is 0 Å². The predicted molar refractivity (Wildman–Crippen MR) is 107 cm³/mol. The van der Waals surface area contributed by atoms with Gasteiger partial charge in [0.15, 0.2) is 0 Å². The number of nitrogens with zero attached hydrogens (tertiary/aromatic N) is 2. The van der Waals surface area contributed by atoms with Gasteiger partial charge in [0.05, 0.1) is 12.8 Å². The van der Waals surface area contributed by atoms with E-state index in [-0.39, 0.29) is 5.69 Å². The first kappa shape index (κ1) is 17.5. The topological polar surface area (TPSA) is 72.7 Å². The quantitative estimate of drug-likeness (QED) is 0.427. The van der Waals surface area contributed by atoms with E-state index in [0.29, 0.717) is 22.7 Å². The summed E-state index contributed by atoms with van der Waals surface area (Å²) in [5.41, 5.74) is 2.84. The molecule has 0 atom stereocenters. The van der Waals surface area contributed by atoms with E-state index in [0.717, 1.165) is 5.52 Å². The Labute approximate surface area is 161 Å². The van der Waals surface area contributed by atoms with Crippen molar-refractivity contribution in [2.24, 2.45) is 0 Å². The minimum atomic E-state index is -0.716. The highest BCUT2D eigenvalue weighted by Gasteiger charge is 2.25. The van der Waals surface area contributed by atoms with E-state index in [2.05, 4.69) is 10.3 Å². The molecular weight excluding hydrogens is 354 g/mol. The largest absolute Gasteiger partial charge is 0.497 e. The summed E-state index contributed by atoms with van der Waals surface area (Å²) < 4.78 is 6.81. The second-order valence-electron chi connectivity index (χ2n) is 6.13. The second-order valence-corrected chi connectivity index (χ2v) is 6.13. The molecular formula is C22H17N3O3. The lowest BCUT2D eigenvalue weighted by Crippen LogP contribution is -2.24. The summed E-state index contributed by atoms with van der Waals surface area (Å²) in [6.45, 7) is 0. The zero-order chi connectivity index (χ0) is 19.5. The first-order chi connectivity index (χ1) is 13.7. The fourth-order valence-corrected chi connectivity index (χ4v) is 3.04. The van der Waals surface area contributed by atoms with Crippen molar-refractivity contribution in [3.8, 4) is 17.0 Å². The first-order valence-corrected chi connectivity index (χ1v) is 8.68. The Morgan fingerprint density at radius 2 is 1.79 bits per heavy atom. The van der Waals surface area contributed by atoms with Crippen LogP contribution in [0.1, 0.15) is 10.5 Å². The van der Waals surface area contributed by atoms with Gasteiger partial charge in [0.2, 0.25) is 0 Å². The molecule has 3 heterocycles. The third-order valence-electron chi connectivity index (χ3n) is 4.39. The molecule has 6 heteroatoms. The molecule has 0 fully saturated rings. The molecule has 138 valence electrons. The molecule has 28 heavy (non-hydrogen) atoms. The molecule has 0 aliphatic rings. The molecule has 4 rings (SSSR count). The molecule has 4 aromatic rings. The van der Waals surface area contributed by atoms with Gasteiger partial charge < -0.3 is 14.5 Å². The number of carbonyl (C=O) groups is 2. The number of Topliss-reactive ketones (excluding diaryl/α,β-unsaturated/α-hetero) is 1. The number of fused-ring (bicyclic) bond motifs is 1. The van der Waals surface area contributed by atoms with Crippen molar-refractivity contribution in [3.05, 3.63) is 84.8 Å². The molecule has 0 saturated carbocycles. The Balaban J connectivity index is 1.72. The zero-order valence-corrected chi connectivity index (χ0v) is 15.1. The summed E-state index contributed by atoms with van der Waals surface area (Å²) in [5, 5.41) is 2.65. The van der Waals surface area contributed by atoms with E-state index in [1.165, 1.54) is 0 Å². The maximum absolute atomic E-state index is 13.1. The third-order valence-corrected chi connectivity index (χ3v) is 4.39. The molecule has 0 radical (unpaired) electrons. The normalized spacial score (nSPS) is 10.6. The van der Waals surface area contributed by atoms with E-state index in [9.17, 15) is 9.59 Å². The van der Waals surface area contributed by atoms with Crippen LogP contribution >= 0.6 is 0 Å². The Kier molecular flexibility index (Phi) is 4.60.